The van der Waals surface area contributed by atoms with Gasteiger partial charge in [-0.3, -0.25) is 4.98 Å². The Morgan fingerprint density at radius 3 is 2.64 bits per heavy atom. The Balaban J connectivity index is 1.45. The highest BCUT2D eigenvalue weighted by atomic mass is 15.3. The third kappa shape index (κ3) is 2.99. The number of rotatable bonds is 4. The minimum Gasteiger partial charge on any atom is -0.256 e. The quantitative estimate of drug-likeness (QED) is 0.434. The van der Waals surface area contributed by atoms with E-state index in [0.29, 0.717) is 18.1 Å². The van der Waals surface area contributed by atoms with E-state index >= 15 is 0 Å². The molecule has 2 aromatic carbocycles. The van der Waals surface area contributed by atoms with E-state index in [1.807, 2.05) is 60.7 Å². The van der Waals surface area contributed by atoms with E-state index in [0.717, 1.165) is 27.5 Å². The number of nitrogens with zero attached hydrogens (tertiary/aromatic N) is 7. The number of azo groups is 1. The third-order valence-electron chi connectivity index (χ3n) is 4.44. The molecule has 134 valence electrons. The van der Waals surface area contributed by atoms with Gasteiger partial charge >= 0.3 is 0 Å². The van der Waals surface area contributed by atoms with Crippen LogP contribution in [0.4, 0.5) is 5.95 Å². The van der Waals surface area contributed by atoms with Crippen molar-refractivity contribution in [3.8, 4) is 5.69 Å². The molecule has 0 unspecified atom stereocenters. The number of aromatic nitrogens is 5. The van der Waals surface area contributed by atoms with Crippen molar-refractivity contribution in [2.24, 2.45) is 10.2 Å². The number of hydrogen-bond donors (Lipinski definition) is 0. The molecule has 0 aliphatic rings. The number of para-hydroxylation sites is 2. The topological polar surface area (TPSA) is 81.2 Å². The summed E-state index contributed by atoms with van der Waals surface area (Å²) in [6, 6.07) is 19.8. The van der Waals surface area contributed by atoms with Crippen LogP contribution in [0.1, 0.15) is 5.56 Å². The molecular weight excluding hydrogens is 350 g/mol. The molecule has 0 aliphatic heterocycles. The van der Waals surface area contributed by atoms with Gasteiger partial charge in [-0.25, -0.2) is 9.67 Å². The van der Waals surface area contributed by atoms with Gasteiger partial charge in [0.1, 0.15) is 0 Å². The Morgan fingerprint density at radius 2 is 1.71 bits per heavy atom. The molecule has 0 aliphatic carbocycles. The van der Waals surface area contributed by atoms with Crippen LogP contribution in [-0.2, 0) is 6.54 Å². The predicted octanol–water partition coefficient (Wildman–Crippen LogP) is 4.65. The summed E-state index contributed by atoms with van der Waals surface area (Å²) in [7, 11) is 0. The Bertz CT molecular complexity index is 1290. The van der Waals surface area contributed by atoms with Gasteiger partial charge in [0, 0.05) is 17.8 Å². The van der Waals surface area contributed by atoms with Crippen LogP contribution in [0.2, 0.25) is 0 Å². The zero-order valence-electron chi connectivity index (χ0n) is 14.8. The molecule has 0 fully saturated rings. The maximum atomic E-state index is 4.52. The molecule has 0 saturated heterocycles. The second-order valence-electron chi connectivity index (χ2n) is 6.23. The fraction of sp³-hybridized carbons (Fsp3) is 0.0476. The first-order valence-corrected chi connectivity index (χ1v) is 8.85. The molecular formula is C21H15N7. The van der Waals surface area contributed by atoms with Gasteiger partial charge in [-0.05, 0) is 29.8 Å². The average molecular weight is 365 g/mol. The van der Waals surface area contributed by atoms with Crippen LogP contribution < -0.4 is 0 Å². The van der Waals surface area contributed by atoms with Crippen LogP contribution >= 0.6 is 0 Å². The highest BCUT2D eigenvalue weighted by molar-refractivity contribution is 5.81. The summed E-state index contributed by atoms with van der Waals surface area (Å²) < 4.78 is 1.77. The van der Waals surface area contributed by atoms with E-state index < -0.39 is 0 Å². The first-order chi connectivity index (χ1) is 13.9. The van der Waals surface area contributed by atoms with Crippen LogP contribution in [0.5, 0.6) is 0 Å². The van der Waals surface area contributed by atoms with Gasteiger partial charge in [-0.1, -0.05) is 36.4 Å². The van der Waals surface area contributed by atoms with Gasteiger partial charge in [0.2, 0.25) is 0 Å². The number of fused-ring (bicyclic) bond motifs is 2. The zero-order chi connectivity index (χ0) is 18.8. The van der Waals surface area contributed by atoms with Crippen molar-refractivity contribution >= 4 is 27.9 Å². The van der Waals surface area contributed by atoms with Crippen molar-refractivity contribution in [1.82, 2.24) is 24.7 Å². The zero-order valence-corrected chi connectivity index (χ0v) is 14.8. The van der Waals surface area contributed by atoms with Gasteiger partial charge in [0.15, 0.2) is 5.65 Å². The smallest absolute Gasteiger partial charge is 0.256 e. The van der Waals surface area contributed by atoms with E-state index in [9.17, 15) is 0 Å². The number of pyridine rings is 1. The maximum Gasteiger partial charge on any atom is 0.270 e. The summed E-state index contributed by atoms with van der Waals surface area (Å²) in [5.74, 6) is 0.309. The molecule has 0 amide bonds. The van der Waals surface area contributed by atoms with Crippen molar-refractivity contribution in [3.63, 3.8) is 0 Å². The highest BCUT2D eigenvalue weighted by Gasteiger charge is 2.08. The molecule has 0 spiro atoms. The lowest BCUT2D eigenvalue weighted by Gasteiger charge is -2.02. The minimum atomic E-state index is 0.309. The van der Waals surface area contributed by atoms with E-state index in [1.54, 1.807) is 23.3 Å². The van der Waals surface area contributed by atoms with Crippen LogP contribution in [0.25, 0.3) is 27.6 Å². The second-order valence-corrected chi connectivity index (χ2v) is 6.23. The molecule has 0 N–H and O–H groups in total. The van der Waals surface area contributed by atoms with Gasteiger partial charge in [-0.2, -0.15) is 15.2 Å². The minimum absolute atomic E-state index is 0.309. The largest absolute Gasteiger partial charge is 0.270 e. The first-order valence-electron chi connectivity index (χ1n) is 8.85. The van der Waals surface area contributed by atoms with Crippen molar-refractivity contribution in [1.29, 1.82) is 0 Å². The van der Waals surface area contributed by atoms with E-state index in [-0.39, 0.29) is 0 Å². The molecule has 3 heterocycles. The molecule has 5 aromatic rings. The molecule has 0 radical (unpaired) electrons. The second kappa shape index (κ2) is 6.96. The Kier molecular flexibility index (Phi) is 4.02. The van der Waals surface area contributed by atoms with Crippen LogP contribution in [-0.4, -0.2) is 24.7 Å². The Morgan fingerprint density at radius 1 is 0.857 bits per heavy atom. The van der Waals surface area contributed by atoms with Crippen molar-refractivity contribution in [3.05, 3.63) is 84.8 Å². The molecule has 7 heteroatoms. The molecule has 5 rings (SSSR count). The molecule has 0 bridgehead atoms. The maximum absolute atomic E-state index is 4.52. The average Bonchev–Trinajstić information content (AvgIpc) is 3.18. The van der Waals surface area contributed by atoms with Crippen LogP contribution in [0.3, 0.4) is 0 Å². The van der Waals surface area contributed by atoms with Gasteiger partial charge in [0.25, 0.3) is 5.95 Å². The van der Waals surface area contributed by atoms with E-state index in [1.165, 1.54) is 0 Å². The molecule has 3 aromatic heterocycles. The standard InChI is InChI=1S/C21H15N7/c1-2-6-17(7-3-1)28-20-16(14-25-28)12-23-21(26-20)27-24-13-15-10-11-22-19-9-5-4-8-18(15)19/h1-12,14H,13H2. The van der Waals surface area contributed by atoms with E-state index in [4.69, 9.17) is 0 Å². The normalized spacial score (nSPS) is 11.6. The van der Waals surface area contributed by atoms with Gasteiger partial charge in [0.05, 0.1) is 29.3 Å². The summed E-state index contributed by atoms with van der Waals surface area (Å²) in [4.78, 5) is 13.2. The first kappa shape index (κ1) is 16.2. The highest BCUT2D eigenvalue weighted by Crippen LogP contribution is 2.20. The lowest BCUT2D eigenvalue weighted by atomic mass is 10.1. The number of benzene rings is 2. The Labute approximate surface area is 160 Å². The lowest BCUT2D eigenvalue weighted by Crippen LogP contribution is -1.97. The third-order valence-corrected chi connectivity index (χ3v) is 4.44. The summed E-state index contributed by atoms with van der Waals surface area (Å²) in [6.45, 7) is 0.433. The summed E-state index contributed by atoms with van der Waals surface area (Å²) >= 11 is 0. The lowest BCUT2D eigenvalue weighted by molar-refractivity contribution is 0.887. The number of hydrogen-bond acceptors (Lipinski definition) is 6. The fourth-order valence-corrected chi connectivity index (χ4v) is 3.08. The summed E-state index contributed by atoms with van der Waals surface area (Å²) in [5.41, 5.74) is 3.64. The molecule has 28 heavy (non-hydrogen) atoms. The van der Waals surface area contributed by atoms with Gasteiger partial charge in [-0.15, -0.1) is 5.11 Å². The monoisotopic (exact) mass is 365 g/mol. The van der Waals surface area contributed by atoms with Crippen molar-refractivity contribution < 1.29 is 0 Å². The summed E-state index contributed by atoms with van der Waals surface area (Å²) in [6.07, 6.45) is 5.24. The van der Waals surface area contributed by atoms with Crippen LogP contribution in [0.15, 0.2) is 89.5 Å². The van der Waals surface area contributed by atoms with Crippen molar-refractivity contribution in [2.75, 3.05) is 0 Å². The molecule has 7 nitrogen and oxygen atoms in total. The summed E-state index contributed by atoms with van der Waals surface area (Å²) in [5, 5.41) is 14.8. The van der Waals surface area contributed by atoms with E-state index in [2.05, 4.69) is 30.3 Å². The fourth-order valence-electron chi connectivity index (χ4n) is 3.08. The van der Waals surface area contributed by atoms with Gasteiger partial charge < -0.3 is 0 Å². The van der Waals surface area contributed by atoms with Crippen molar-refractivity contribution in [2.45, 2.75) is 6.54 Å². The Hall–Kier alpha value is -4.00. The van der Waals surface area contributed by atoms with Crippen LogP contribution in [0, 0.1) is 0 Å². The predicted molar refractivity (Wildman–Crippen MR) is 107 cm³/mol. The molecule has 0 saturated carbocycles. The SMILES string of the molecule is c1ccc(-n2ncc3cnc(N=NCc4ccnc5ccccc45)nc32)cc1. The molecule has 0 atom stereocenters.